The largest absolute Gasteiger partial charge is 0.481 e. The molecule has 0 saturated carbocycles. The van der Waals surface area contributed by atoms with E-state index in [0.717, 1.165) is 0 Å². The van der Waals surface area contributed by atoms with Crippen LogP contribution in [0, 0.1) is 0 Å². The Morgan fingerprint density at radius 3 is 2.38 bits per heavy atom. The highest BCUT2D eigenvalue weighted by Crippen LogP contribution is 2.26. The van der Waals surface area contributed by atoms with Crippen molar-refractivity contribution in [3.05, 3.63) is 23.9 Å². The van der Waals surface area contributed by atoms with E-state index in [0.29, 0.717) is 17.9 Å². The predicted molar refractivity (Wildman–Crippen MR) is 78.2 cm³/mol. The number of carbonyl (C=O) groups is 2. The van der Waals surface area contributed by atoms with Crippen LogP contribution in [0.3, 0.4) is 0 Å². The lowest BCUT2D eigenvalue weighted by atomic mass is 9.97. The molecule has 6 nitrogen and oxygen atoms in total. The van der Waals surface area contributed by atoms with E-state index in [1.54, 1.807) is 45.9 Å². The molecular weight excluding hydrogens is 272 g/mol. The summed E-state index contributed by atoms with van der Waals surface area (Å²) in [5, 5.41) is 0. The highest BCUT2D eigenvalue weighted by atomic mass is 16.6. The van der Waals surface area contributed by atoms with Crippen LogP contribution in [-0.4, -0.2) is 42.0 Å². The van der Waals surface area contributed by atoms with Gasteiger partial charge in [-0.2, -0.15) is 0 Å². The standard InChI is InChI=1S/C15H22N2O4/c1-14(2,3)21-13(19)17(5)15(4,10-18)11-8-7-9-12(16-11)20-6/h7-10H,1-6H3. The van der Waals surface area contributed by atoms with Crippen molar-refractivity contribution in [3.63, 3.8) is 0 Å². The van der Waals surface area contributed by atoms with Crippen LogP contribution in [0.4, 0.5) is 4.79 Å². The minimum Gasteiger partial charge on any atom is -0.481 e. The molecule has 0 aliphatic rings. The quantitative estimate of drug-likeness (QED) is 0.797. The van der Waals surface area contributed by atoms with E-state index in [-0.39, 0.29) is 0 Å². The molecule has 0 N–H and O–H groups in total. The van der Waals surface area contributed by atoms with Gasteiger partial charge in [0.15, 0.2) is 6.29 Å². The van der Waals surface area contributed by atoms with Gasteiger partial charge in [-0.05, 0) is 33.8 Å². The molecule has 21 heavy (non-hydrogen) atoms. The summed E-state index contributed by atoms with van der Waals surface area (Å²) in [6.07, 6.45) is 0.0697. The molecule has 1 aromatic rings. The van der Waals surface area contributed by atoms with Gasteiger partial charge in [0.1, 0.15) is 11.1 Å². The Morgan fingerprint density at radius 2 is 1.90 bits per heavy atom. The molecular formula is C15H22N2O4. The minimum atomic E-state index is -1.24. The van der Waals surface area contributed by atoms with Crippen LogP contribution in [0.1, 0.15) is 33.4 Å². The number of amides is 1. The summed E-state index contributed by atoms with van der Waals surface area (Å²) < 4.78 is 10.3. The zero-order chi connectivity index (χ0) is 16.3. The Balaban J connectivity index is 3.13. The highest BCUT2D eigenvalue weighted by molar-refractivity contribution is 5.77. The smallest absolute Gasteiger partial charge is 0.411 e. The van der Waals surface area contributed by atoms with E-state index >= 15 is 0 Å². The molecule has 6 heteroatoms. The van der Waals surface area contributed by atoms with Gasteiger partial charge in [0.05, 0.1) is 12.8 Å². The number of hydrogen-bond donors (Lipinski definition) is 0. The monoisotopic (exact) mass is 294 g/mol. The molecule has 0 aromatic carbocycles. The topological polar surface area (TPSA) is 68.7 Å². The van der Waals surface area contributed by atoms with Gasteiger partial charge >= 0.3 is 6.09 Å². The number of rotatable bonds is 4. The van der Waals surface area contributed by atoms with Crippen molar-refractivity contribution in [2.75, 3.05) is 14.2 Å². The molecule has 0 fully saturated rings. The first kappa shape index (κ1) is 16.9. The normalized spacial score (nSPS) is 14.0. The van der Waals surface area contributed by atoms with Crippen molar-refractivity contribution in [2.45, 2.75) is 38.8 Å². The molecule has 0 saturated heterocycles. The summed E-state index contributed by atoms with van der Waals surface area (Å²) in [7, 11) is 2.99. The van der Waals surface area contributed by atoms with Crippen molar-refractivity contribution in [3.8, 4) is 5.88 Å². The summed E-state index contributed by atoms with van der Waals surface area (Å²) >= 11 is 0. The third-order valence-corrected chi connectivity index (χ3v) is 3.04. The fourth-order valence-electron chi connectivity index (χ4n) is 1.64. The van der Waals surface area contributed by atoms with Crippen molar-refractivity contribution >= 4 is 12.4 Å². The number of pyridine rings is 1. The SMILES string of the molecule is COc1cccc(C(C)(C=O)N(C)C(=O)OC(C)(C)C)n1. The maximum Gasteiger partial charge on any atom is 0.411 e. The lowest BCUT2D eigenvalue weighted by Gasteiger charge is -2.34. The minimum absolute atomic E-state index is 0.373. The zero-order valence-electron chi connectivity index (χ0n) is 13.3. The van der Waals surface area contributed by atoms with Gasteiger partial charge < -0.3 is 14.3 Å². The van der Waals surface area contributed by atoms with Gasteiger partial charge in [-0.3, -0.25) is 4.90 Å². The zero-order valence-corrected chi connectivity index (χ0v) is 13.3. The lowest BCUT2D eigenvalue weighted by Crippen LogP contribution is -2.48. The summed E-state index contributed by atoms with van der Waals surface area (Å²) in [4.78, 5) is 29.2. The molecule has 0 aliphatic heterocycles. The van der Waals surface area contributed by atoms with Gasteiger partial charge in [0.25, 0.3) is 0 Å². The number of nitrogens with zero attached hydrogens (tertiary/aromatic N) is 2. The van der Waals surface area contributed by atoms with Crippen molar-refractivity contribution in [1.29, 1.82) is 0 Å². The fraction of sp³-hybridized carbons (Fsp3) is 0.533. The number of ether oxygens (including phenoxy) is 2. The first-order chi connectivity index (χ1) is 9.64. The predicted octanol–water partition coefficient (Wildman–Crippen LogP) is 2.37. The third-order valence-electron chi connectivity index (χ3n) is 3.04. The second kappa shape index (κ2) is 6.11. The maximum absolute atomic E-state index is 12.2. The second-order valence-corrected chi connectivity index (χ2v) is 5.87. The van der Waals surface area contributed by atoms with Crippen LogP contribution >= 0.6 is 0 Å². The number of aromatic nitrogens is 1. The first-order valence-corrected chi connectivity index (χ1v) is 6.58. The molecule has 1 unspecified atom stereocenters. The van der Waals surface area contributed by atoms with E-state index in [9.17, 15) is 9.59 Å². The molecule has 1 heterocycles. The first-order valence-electron chi connectivity index (χ1n) is 6.58. The molecule has 1 atom stereocenters. The fourth-order valence-corrected chi connectivity index (χ4v) is 1.64. The van der Waals surface area contributed by atoms with Crippen molar-refractivity contribution in [1.82, 2.24) is 9.88 Å². The van der Waals surface area contributed by atoms with Crippen molar-refractivity contribution < 1.29 is 19.1 Å². The molecule has 1 amide bonds. The van der Waals surface area contributed by atoms with E-state index < -0.39 is 17.2 Å². The highest BCUT2D eigenvalue weighted by Gasteiger charge is 2.38. The Morgan fingerprint density at radius 1 is 1.29 bits per heavy atom. The summed E-state index contributed by atoms with van der Waals surface area (Å²) in [6.45, 7) is 6.90. The molecule has 0 radical (unpaired) electrons. The lowest BCUT2D eigenvalue weighted by molar-refractivity contribution is -0.117. The number of likely N-dealkylation sites (N-methyl/N-ethyl adjacent to an activating group) is 1. The second-order valence-electron chi connectivity index (χ2n) is 5.87. The van der Waals surface area contributed by atoms with Gasteiger partial charge in [-0.25, -0.2) is 9.78 Å². The molecule has 0 spiro atoms. The van der Waals surface area contributed by atoms with Crippen LogP contribution in [-0.2, 0) is 15.1 Å². The van der Waals surface area contributed by atoms with Crippen LogP contribution < -0.4 is 4.74 Å². The number of methoxy groups -OCH3 is 1. The van der Waals surface area contributed by atoms with Crippen LogP contribution in [0.15, 0.2) is 18.2 Å². The molecule has 116 valence electrons. The maximum atomic E-state index is 12.2. The Hall–Kier alpha value is -2.11. The molecule has 1 rings (SSSR count). The Labute approximate surface area is 125 Å². The van der Waals surface area contributed by atoms with E-state index in [1.807, 2.05) is 0 Å². The summed E-state index contributed by atoms with van der Waals surface area (Å²) in [5.74, 6) is 0.373. The van der Waals surface area contributed by atoms with E-state index in [1.165, 1.54) is 19.1 Å². The number of aldehydes is 1. The number of hydrogen-bond acceptors (Lipinski definition) is 5. The summed E-state index contributed by atoms with van der Waals surface area (Å²) in [6, 6.07) is 5.05. The number of carbonyl (C=O) groups excluding carboxylic acids is 2. The van der Waals surface area contributed by atoms with Gasteiger partial charge in [0.2, 0.25) is 5.88 Å². The van der Waals surface area contributed by atoms with E-state index in [2.05, 4.69) is 4.98 Å². The van der Waals surface area contributed by atoms with Crippen LogP contribution in [0.5, 0.6) is 5.88 Å². The Kier molecular flexibility index (Phi) is 4.93. The molecule has 0 aliphatic carbocycles. The molecule has 0 bridgehead atoms. The van der Waals surface area contributed by atoms with E-state index in [4.69, 9.17) is 9.47 Å². The Bertz CT molecular complexity index is 525. The average Bonchev–Trinajstić information content (AvgIpc) is 2.43. The van der Waals surface area contributed by atoms with Gasteiger partial charge in [-0.1, -0.05) is 6.07 Å². The molecule has 1 aromatic heterocycles. The van der Waals surface area contributed by atoms with Gasteiger partial charge in [-0.15, -0.1) is 0 Å². The van der Waals surface area contributed by atoms with Gasteiger partial charge in [0, 0.05) is 13.1 Å². The average molecular weight is 294 g/mol. The van der Waals surface area contributed by atoms with Crippen molar-refractivity contribution in [2.24, 2.45) is 0 Å². The van der Waals surface area contributed by atoms with Crippen LogP contribution in [0.25, 0.3) is 0 Å². The summed E-state index contributed by atoms with van der Waals surface area (Å²) in [5.41, 5.74) is -1.47. The van der Waals surface area contributed by atoms with Crippen LogP contribution in [0.2, 0.25) is 0 Å². The third kappa shape index (κ3) is 3.93.